The van der Waals surface area contributed by atoms with Crippen molar-refractivity contribution in [1.82, 2.24) is 14.6 Å². The number of nitrogens with zero attached hydrogens (tertiary/aromatic N) is 3. The van der Waals surface area contributed by atoms with E-state index in [0.29, 0.717) is 4.52 Å². The summed E-state index contributed by atoms with van der Waals surface area (Å²) >= 11 is 2.96. The van der Waals surface area contributed by atoms with Crippen LogP contribution >= 0.6 is 15.9 Å². The van der Waals surface area contributed by atoms with Gasteiger partial charge in [0.05, 0.1) is 15.7 Å². The predicted octanol–water partition coefficient (Wildman–Crippen LogP) is 5.09. The van der Waals surface area contributed by atoms with Crippen molar-refractivity contribution in [2.24, 2.45) is 0 Å². The molecular weight excluding hydrogens is 458 g/mol. The molecule has 3 rings (SSSR count). The lowest BCUT2D eigenvalue weighted by molar-refractivity contribution is -0.142. The number of halogens is 7. The third-order valence-electron chi connectivity index (χ3n) is 3.65. The van der Waals surface area contributed by atoms with Crippen LogP contribution in [-0.4, -0.2) is 20.5 Å². The molecule has 0 spiro atoms. The minimum Gasteiger partial charge on any atom is -0.320 e. The van der Waals surface area contributed by atoms with Crippen LogP contribution in [0.15, 0.2) is 34.8 Å². The van der Waals surface area contributed by atoms with Gasteiger partial charge >= 0.3 is 12.4 Å². The maximum Gasteiger partial charge on any atom is 0.433 e. The van der Waals surface area contributed by atoms with E-state index in [1.807, 2.05) is 5.32 Å². The van der Waals surface area contributed by atoms with Crippen LogP contribution in [0.4, 0.5) is 32.0 Å². The van der Waals surface area contributed by atoms with Crippen molar-refractivity contribution in [3.05, 3.63) is 57.4 Å². The van der Waals surface area contributed by atoms with E-state index < -0.39 is 40.9 Å². The van der Waals surface area contributed by atoms with E-state index in [1.54, 1.807) is 0 Å². The zero-order valence-corrected chi connectivity index (χ0v) is 15.4. The predicted molar refractivity (Wildman–Crippen MR) is 89.8 cm³/mol. The molecule has 1 aromatic carbocycles. The SMILES string of the molecule is Cc1cc(C(F)(F)F)n2nc(C(=O)Nc3ccccc3C(F)(F)F)c(Br)c2n1. The third-order valence-corrected chi connectivity index (χ3v) is 4.38. The average molecular weight is 467 g/mol. The number of carbonyl (C=O) groups is 1. The number of carbonyl (C=O) groups excluding carboxylic acids is 1. The number of rotatable bonds is 2. The Bertz CT molecular complexity index is 1070. The minimum atomic E-state index is -4.78. The third kappa shape index (κ3) is 3.68. The fourth-order valence-electron chi connectivity index (χ4n) is 2.48. The molecule has 0 aliphatic rings. The van der Waals surface area contributed by atoms with Gasteiger partial charge in [-0.05, 0) is 41.1 Å². The minimum absolute atomic E-state index is 0.0230. The first-order valence-electron chi connectivity index (χ1n) is 7.50. The van der Waals surface area contributed by atoms with E-state index in [-0.39, 0.29) is 15.8 Å². The van der Waals surface area contributed by atoms with Crippen molar-refractivity contribution in [2.75, 3.05) is 5.32 Å². The van der Waals surface area contributed by atoms with Crippen molar-refractivity contribution in [3.63, 3.8) is 0 Å². The van der Waals surface area contributed by atoms with E-state index in [2.05, 4.69) is 26.0 Å². The summed E-state index contributed by atoms with van der Waals surface area (Å²) in [6, 6.07) is 4.94. The Balaban J connectivity index is 2.08. The van der Waals surface area contributed by atoms with E-state index in [1.165, 1.54) is 13.0 Å². The quantitative estimate of drug-likeness (QED) is 0.535. The van der Waals surface area contributed by atoms with Crippen molar-refractivity contribution < 1.29 is 31.1 Å². The van der Waals surface area contributed by atoms with Crippen LogP contribution in [0.5, 0.6) is 0 Å². The van der Waals surface area contributed by atoms with Crippen LogP contribution in [0.3, 0.4) is 0 Å². The molecule has 0 unspecified atom stereocenters. The fraction of sp³-hybridized carbons (Fsp3) is 0.188. The van der Waals surface area contributed by atoms with Crippen molar-refractivity contribution in [1.29, 1.82) is 0 Å². The highest BCUT2D eigenvalue weighted by atomic mass is 79.9. The second kappa shape index (κ2) is 6.76. The number of fused-ring (bicyclic) bond motifs is 1. The number of nitrogens with one attached hydrogen (secondary N) is 1. The standard InChI is InChI=1S/C16H9BrF6N4O/c1-7-6-10(16(21,22)23)27-13(24-7)11(17)12(26-27)14(28)25-9-5-3-2-4-8(9)15(18,19)20/h2-6H,1H3,(H,25,28). The molecule has 1 N–H and O–H groups in total. The Morgan fingerprint density at radius 3 is 2.36 bits per heavy atom. The van der Waals surface area contributed by atoms with Gasteiger partial charge in [0.15, 0.2) is 11.3 Å². The number of benzene rings is 1. The zero-order valence-electron chi connectivity index (χ0n) is 13.8. The van der Waals surface area contributed by atoms with Gasteiger partial charge in [-0.3, -0.25) is 4.79 Å². The summed E-state index contributed by atoms with van der Waals surface area (Å²) in [4.78, 5) is 16.3. The second-order valence-electron chi connectivity index (χ2n) is 5.68. The number of hydrogen-bond donors (Lipinski definition) is 1. The summed E-state index contributed by atoms with van der Waals surface area (Å²) in [6.07, 6.45) is -9.52. The number of aromatic nitrogens is 3. The van der Waals surface area contributed by atoms with E-state index in [4.69, 9.17) is 0 Å². The van der Waals surface area contributed by atoms with Crippen LogP contribution in [0.25, 0.3) is 5.65 Å². The summed E-state index contributed by atoms with van der Waals surface area (Å²) < 4.78 is 79.1. The molecular formula is C16H9BrF6N4O. The van der Waals surface area contributed by atoms with Gasteiger partial charge in [-0.2, -0.15) is 31.4 Å². The van der Waals surface area contributed by atoms with Gasteiger partial charge in [0, 0.05) is 5.69 Å². The lowest BCUT2D eigenvalue weighted by Gasteiger charge is -2.12. The summed E-state index contributed by atoms with van der Waals surface area (Å²) in [6.45, 7) is 1.33. The molecule has 5 nitrogen and oxygen atoms in total. The Morgan fingerprint density at radius 2 is 1.75 bits per heavy atom. The van der Waals surface area contributed by atoms with Crippen LogP contribution in [0.2, 0.25) is 0 Å². The Kier molecular flexibility index (Phi) is 4.86. The maximum atomic E-state index is 13.2. The van der Waals surface area contributed by atoms with Crippen LogP contribution in [0.1, 0.15) is 27.4 Å². The van der Waals surface area contributed by atoms with Gasteiger partial charge in [-0.25, -0.2) is 9.50 Å². The fourth-order valence-corrected chi connectivity index (χ4v) is 3.00. The molecule has 0 atom stereocenters. The molecule has 0 bridgehead atoms. The Morgan fingerprint density at radius 1 is 1.11 bits per heavy atom. The molecule has 0 aliphatic heterocycles. The number of hydrogen-bond acceptors (Lipinski definition) is 3. The number of amides is 1. The van der Waals surface area contributed by atoms with Crippen LogP contribution in [0, 0.1) is 6.92 Å². The average Bonchev–Trinajstić information content (AvgIpc) is 2.90. The lowest BCUT2D eigenvalue weighted by atomic mass is 10.1. The molecule has 3 aromatic rings. The summed E-state index contributed by atoms with van der Waals surface area (Å²) in [5.41, 5.74) is -3.64. The normalized spacial score (nSPS) is 12.4. The van der Waals surface area contributed by atoms with Gasteiger partial charge in [-0.15, -0.1) is 0 Å². The van der Waals surface area contributed by atoms with Crippen molar-refractivity contribution >= 4 is 33.2 Å². The molecule has 0 fully saturated rings. The molecule has 12 heteroatoms. The molecule has 2 aromatic heterocycles. The first-order valence-corrected chi connectivity index (χ1v) is 8.29. The van der Waals surface area contributed by atoms with Crippen LogP contribution < -0.4 is 5.32 Å². The molecule has 0 saturated heterocycles. The topological polar surface area (TPSA) is 59.3 Å². The number of aryl methyl sites for hydroxylation is 1. The van der Waals surface area contributed by atoms with Crippen molar-refractivity contribution in [3.8, 4) is 0 Å². The van der Waals surface area contributed by atoms with E-state index in [0.717, 1.165) is 24.3 Å². The maximum absolute atomic E-state index is 13.2. The highest BCUT2D eigenvalue weighted by Gasteiger charge is 2.37. The lowest BCUT2D eigenvalue weighted by Crippen LogP contribution is -2.18. The van der Waals surface area contributed by atoms with Crippen molar-refractivity contribution in [2.45, 2.75) is 19.3 Å². The molecule has 0 aliphatic carbocycles. The van der Waals surface area contributed by atoms with Gasteiger partial charge in [0.1, 0.15) is 5.69 Å². The highest BCUT2D eigenvalue weighted by Crippen LogP contribution is 2.36. The molecule has 28 heavy (non-hydrogen) atoms. The Labute approximate surface area is 161 Å². The largest absolute Gasteiger partial charge is 0.433 e. The van der Waals surface area contributed by atoms with E-state index in [9.17, 15) is 31.1 Å². The molecule has 0 saturated carbocycles. The molecule has 0 radical (unpaired) electrons. The summed E-state index contributed by atoms with van der Waals surface area (Å²) in [5.74, 6) is -1.13. The van der Waals surface area contributed by atoms with E-state index >= 15 is 0 Å². The Hall–Kier alpha value is -2.63. The first-order chi connectivity index (χ1) is 12.9. The van der Waals surface area contributed by atoms with Gasteiger partial charge in [-0.1, -0.05) is 12.1 Å². The first kappa shape index (κ1) is 20.1. The van der Waals surface area contributed by atoms with Gasteiger partial charge < -0.3 is 5.32 Å². The summed E-state index contributed by atoms with van der Waals surface area (Å²) in [7, 11) is 0. The van der Waals surface area contributed by atoms with Gasteiger partial charge in [0.25, 0.3) is 5.91 Å². The summed E-state index contributed by atoms with van der Waals surface area (Å²) in [5, 5.41) is 5.64. The number of para-hydroxylation sites is 1. The second-order valence-corrected chi connectivity index (χ2v) is 6.47. The smallest absolute Gasteiger partial charge is 0.320 e. The monoisotopic (exact) mass is 466 g/mol. The highest BCUT2D eigenvalue weighted by molar-refractivity contribution is 9.10. The number of anilines is 1. The van der Waals surface area contributed by atoms with Gasteiger partial charge in [0.2, 0.25) is 0 Å². The zero-order chi connectivity index (χ0) is 20.9. The molecule has 148 valence electrons. The number of alkyl halides is 6. The molecule has 1 amide bonds. The van der Waals surface area contributed by atoms with Crippen LogP contribution in [-0.2, 0) is 12.4 Å². The molecule has 2 heterocycles.